The Hall–Kier alpha value is -1.26. The first-order valence-electron chi connectivity index (χ1n) is 7.01. The van der Waals surface area contributed by atoms with Crippen molar-refractivity contribution in [1.29, 1.82) is 0 Å². The summed E-state index contributed by atoms with van der Waals surface area (Å²) in [5.74, 6) is 1.03. The van der Waals surface area contributed by atoms with Crippen LogP contribution in [0.3, 0.4) is 0 Å². The van der Waals surface area contributed by atoms with E-state index in [0.29, 0.717) is 12.5 Å². The second-order valence-corrected chi connectivity index (χ2v) is 5.58. The molecule has 0 bridgehead atoms. The quantitative estimate of drug-likeness (QED) is 0.756. The molecule has 5 heteroatoms. The lowest BCUT2D eigenvalue weighted by Crippen LogP contribution is -2.29. The van der Waals surface area contributed by atoms with Gasteiger partial charge in [0.25, 0.3) is 0 Å². The van der Waals surface area contributed by atoms with Gasteiger partial charge in [-0.3, -0.25) is 4.79 Å². The minimum atomic E-state index is -0.466. The molecular weight excluding hydrogens is 290 g/mol. The van der Waals surface area contributed by atoms with E-state index in [1.807, 2.05) is 45.3 Å². The van der Waals surface area contributed by atoms with E-state index in [1.165, 1.54) is 0 Å². The molecule has 1 fully saturated rings. The van der Waals surface area contributed by atoms with Crippen LogP contribution in [0, 0.1) is 5.92 Å². The fraction of sp³-hybridized carbons (Fsp3) is 0.562. The normalized spacial score (nSPS) is 23.4. The Morgan fingerprint density at radius 1 is 1.33 bits per heavy atom. The first-order valence-corrected chi connectivity index (χ1v) is 7.01. The van der Waals surface area contributed by atoms with Crippen LogP contribution < -0.4 is 4.74 Å². The lowest BCUT2D eigenvalue weighted by Gasteiger charge is -2.18. The molecular formula is C16H24ClNO3. The molecule has 1 aromatic rings. The number of carbonyl (C=O) groups is 1. The van der Waals surface area contributed by atoms with Crippen LogP contribution in [-0.2, 0) is 14.9 Å². The molecule has 1 unspecified atom stereocenters. The topological polar surface area (TPSA) is 38.8 Å². The molecule has 0 spiro atoms. The van der Waals surface area contributed by atoms with E-state index in [-0.39, 0.29) is 18.4 Å². The van der Waals surface area contributed by atoms with Crippen LogP contribution in [0.1, 0.15) is 18.9 Å². The molecule has 1 saturated carbocycles. The molecule has 1 aliphatic rings. The Morgan fingerprint density at radius 2 is 1.95 bits per heavy atom. The number of rotatable bonds is 6. The fourth-order valence-electron chi connectivity index (χ4n) is 2.86. The number of nitrogens with zero attached hydrogens (tertiary/aromatic N) is 1. The van der Waals surface area contributed by atoms with Crippen LogP contribution >= 0.6 is 12.4 Å². The first kappa shape index (κ1) is 17.8. The lowest BCUT2D eigenvalue weighted by atomic mass is 9.93. The summed E-state index contributed by atoms with van der Waals surface area (Å²) in [5.41, 5.74) is 0.565. The van der Waals surface area contributed by atoms with Crippen molar-refractivity contribution in [2.75, 3.05) is 34.4 Å². The van der Waals surface area contributed by atoms with Crippen molar-refractivity contribution in [3.8, 4) is 5.75 Å². The van der Waals surface area contributed by atoms with Gasteiger partial charge in [0.15, 0.2) is 0 Å². The molecule has 0 amide bonds. The van der Waals surface area contributed by atoms with Gasteiger partial charge in [-0.05, 0) is 51.1 Å². The smallest absolute Gasteiger partial charge is 0.316 e. The number of halogens is 1. The van der Waals surface area contributed by atoms with E-state index >= 15 is 0 Å². The molecule has 0 radical (unpaired) electrons. The van der Waals surface area contributed by atoms with E-state index < -0.39 is 5.41 Å². The second-order valence-electron chi connectivity index (χ2n) is 5.58. The van der Waals surface area contributed by atoms with E-state index in [0.717, 1.165) is 24.3 Å². The molecule has 4 nitrogen and oxygen atoms in total. The van der Waals surface area contributed by atoms with Crippen molar-refractivity contribution in [3.63, 3.8) is 0 Å². The van der Waals surface area contributed by atoms with Crippen LogP contribution in [0.15, 0.2) is 24.3 Å². The monoisotopic (exact) mass is 313 g/mol. The van der Waals surface area contributed by atoms with Gasteiger partial charge in [0.2, 0.25) is 0 Å². The minimum absolute atomic E-state index is 0. The molecule has 0 aliphatic heterocycles. The lowest BCUT2D eigenvalue weighted by molar-refractivity contribution is -0.146. The molecule has 1 aromatic carbocycles. The highest BCUT2D eigenvalue weighted by atomic mass is 35.5. The molecule has 1 aliphatic carbocycles. The summed E-state index contributed by atoms with van der Waals surface area (Å²) >= 11 is 0. The molecule has 118 valence electrons. The van der Waals surface area contributed by atoms with E-state index in [9.17, 15) is 4.79 Å². The number of ether oxygens (including phenoxy) is 2. The van der Waals surface area contributed by atoms with Gasteiger partial charge < -0.3 is 14.4 Å². The van der Waals surface area contributed by atoms with Gasteiger partial charge in [0, 0.05) is 6.54 Å². The summed E-state index contributed by atoms with van der Waals surface area (Å²) in [6, 6.07) is 7.76. The van der Waals surface area contributed by atoms with Crippen LogP contribution in [0.5, 0.6) is 5.75 Å². The summed E-state index contributed by atoms with van der Waals surface area (Å²) in [6.45, 7) is 3.17. The molecule has 0 N–H and O–H groups in total. The van der Waals surface area contributed by atoms with E-state index in [4.69, 9.17) is 9.47 Å². The fourth-order valence-corrected chi connectivity index (χ4v) is 2.86. The van der Waals surface area contributed by atoms with Gasteiger partial charge in [0.05, 0.1) is 19.1 Å². The summed E-state index contributed by atoms with van der Waals surface area (Å²) in [6.07, 6.45) is 0.857. The molecule has 0 heterocycles. The van der Waals surface area contributed by atoms with Crippen molar-refractivity contribution in [2.45, 2.75) is 18.8 Å². The average molecular weight is 314 g/mol. The van der Waals surface area contributed by atoms with Gasteiger partial charge in [-0.2, -0.15) is 0 Å². The average Bonchev–Trinajstić information content (AvgIpc) is 3.13. The number of hydrogen-bond donors (Lipinski definition) is 0. The molecule has 2 atom stereocenters. The van der Waals surface area contributed by atoms with Crippen molar-refractivity contribution in [2.24, 2.45) is 5.92 Å². The highest BCUT2D eigenvalue weighted by Gasteiger charge is 2.62. The Morgan fingerprint density at radius 3 is 2.43 bits per heavy atom. The minimum Gasteiger partial charge on any atom is -0.497 e. The zero-order valence-electron chi connectivity index (χ0n) is 13.1. The second kappa shape index (κ2) is 7.14. The Kier molecular flexibility index (Phi) is 6.05. The third kappa shape index (κ3) is 3.50. The van der Waals surface area contributed by atoms with Crippen LogP contribution in [-0.4, -0.2) is 45.2 Å². The summed E-state index contributed by atoms with van der Waals surface area (Å²) in [7, 11) is 5.70. The predicted octanol–water partition coefficient (Wildman–Crippen LogP) is 2.50. The van der Waals surface area contributed by atoms with Crippen LogP contribution in [0.4, 0.5) is 0 Å². The van der Waals surface area contributed by atoms with E-state index in [2.05, 4.69) is 4.90 Å². The van der Waals surface area contributed by atoms with Crippen molar-refractivity contribution >= 4 is 18.4 Å². The van der Waals surface area contributed by atoms with E-state index in [1.54, 1.807) is 7.11 Å². The molecule has 0 saturated heterocycles. The maximum absolute atomic E-state index is 12.4. The number of hydrogen-bond acceptors (Lipinski definition) is 4. The Bertz CT molecular complexity index is 475. The van der Waals surface area contributed by atoms with Crippen LogP contribution in [0.25, 0.3) is 0 Å². The van der Waals surface area contributed by atoms with Gasteiger partial charge in [-0.1, -0.05) is 12.1 Å². The standard InChI is InChI=1S/C16H23NO3.ClH/c1-5-20-15(18)16(10-13(16)11-17(2)3)12-6-8-14(19-4)9-7-12;/h6-9,13H,5,10-11H2,1-4H3;1H/t13?,16-;/m1./s1. The SMILES string of the molecule is CCOC(=O)[C@@]1(c2ccc(OC)cc2)CC1CN(C)C.Cl. The third-order valence-corrected chi connectivity index (χ3v) is 3.94. The van der Waals surface area contributed by atoms with Crippen molar-refractivity contribution in [3.05, 3.63) is 29.8 Å². The van der Waals surface area contributed by atoms with Gasteiger partial charge in [-0.25, -0.2) is 0 Å². The highest BCUT2D eigenvalue weighted by Crippen LogP contribution is 2.55. The van der Waals surface area contributed by atoms with Crippen LogP contribution in [0.2, 0.25) is 0 Å². The number of carbonyl (C=O) groups excluding carboxylic acids is 1. The summed E-state index contributed by atoms with van der Waals surface area (Å²) in [4.78, 5) is 14.5. The first-order chi connectivity index (χ1) is 9.54. The Balaban J connectivity index is 0.00000220. The Labute approximate surface area is 132 Å². The zero-order valence-corrected chi connectivity index (χ0v) is 13.9. The third-order valence-electron chi connectivity index (χ3n) is 3.94. The van der Waals surface area contributed by atoms with Crippen molar-refractivity contribution in [1.82, 2.24) is 4.90 Å². The molecule has 2 rings (SSSR count). The number of methoxy groups -OCH3 is 1. The van der Waals surface area contributed by atoms with Crippen molar-refractivity contribution < 1.29 is 14.3 Å². The largest absolute Gasteiger partial charge is 0.497 e. The summed E-state index contributed by atoms with van der Waals surface area (Å²) in [5, 5.41) is 0. The van der Waals surface area contributed by atoms with Gasteiger partial charge >= 0.3 is 5.97 Å². The summed E-state index contributed by atoms with van der Waals surface area (Å²) < 4.78 is 10.5. The highest BCUT2D eigenvalue weighted by molar-refractivity contribution is 5.87. The van der Waals surface area contributed by atoms with Gasteiger partial charge in [-0.15, -0.1) is 12.4 Å². The predicted molar refractivity (Wildman–Crippen MR) is 85.2 cm³/mol. The maximum Gasteiger partial charge on any atom is 0.316 e. The molecule has 21 heavy (non-hydrogen) atoms. The van der Waals surface area contributed by atoms with Gasteiger partial charge in [0.1, 0.15) is 5.75 Å². The number of benzene rings is 1. The number of esters is 1. The molecule has 0 aromatic heterocycles. The maximum atomic E-state index is 12.4. The zero-order chi connectivity index (χ0) is 14.8.